The molecule has 1 saturated heterocycles. The predicted octanol–water partition coefficient (Wildman–Crippen LogP) is 5.99. The Morgan fingerprint density at radius 3 is 2.62 bits per heavy atom. The predicted molar refractivity (Wildman–Crippen MR) is 144 cm³/mol. The standard InChI is InChI=1S/C26H25Cl2FN8/c27-22-11-18(4-5-24(22)29)33-25-17(13-30)14-32-26-21(25)10-19(12-23(26)28)31-15-20-16-37(35-34-20)9-8-36-6-2-1-3-7-36/h4-5,10-12,14,16,31H,1-3,6-9,15H2,(H,32,33). The molecule has 1 fully saturated rings. The molecule has 11 heteroatoms. The normalized spacial score (nSPS) is 14.0. The van der Waals surface area contributed by atoms with E-state index >= 15 is 0 Å². The van der Waals surface area contributed by atoms with E-state index in [0.717, 1.165) is 37.6 Å². The molecule has 0 atom stereocenters. The minimum atomic E-state index is -0.523. The van der Waals surface area contributed by atoms with E-state index in [1.165, 1.54) is 37.6 Å². The van der Waals surface area contributed by atoms with Gasteiger partial charge in [-0.25, -0.2) is 4.39 Å². The quantitative estimate of drug-likeness (QED) is 0.284. The summed E-state index contributed by atoms with van der Waals surface area (Å²) in [5.74, 6) is -0.523. The van der Waals surface area contributed by atoms with E-state index < -0.39 is 5.82 Å². The third-order valence-corrected chi connectivity index (χ3v) is 6.97. The largest absolute Gasteiger partial charge is 0.379 e. The molecule has 5 rings (SSSR count). The van der Waals surface area contributed by atoms with Crippen LogP contribution in [0.3, 0.4) is 0 Å². The van der Waals surface area contributed by atoms with Gasteiger partial charge in [-0.3, -0.25) is 9.67 Å². The number of benzene rings is 2. The van der Waals surface area contributed by atoms with Crippen molar-refractivity contribution in [2.45, 2.75) is 32.4 Å². The fraction of sp³-hybridized carbons (Fsp3) is 0.308. The van der Waals surface area contributed by atoms with Gasteiger partial charge in [-0.15, -0.1) is 5.10 Å². The van der Waals surface area contributed by atoms with Gasteiger partial charge in [0.05, 0.1) is 46.1 Å². The van der Waals surface area contributed by atoms with Crippen LogP contribution >= 0.6 is 23.2 Å². The van der Waals surface area contributed by atoms with Crippen molar-refractivity contribution in [3.8, 4) is 6.07 Å². The number of nitriles is 1. The highest BCUT2D eigenvalue weighted by atomic mass is 35.5. The van der Waals surface area contributed by atoms with Gasteiger partial charge in [-0.1, -0.05) is 34.8 Å². The lowest BCUT2D eigenvalue weighted by Crippen LogP contribution is -2.32. The van der Waals surface area contributed by atoms with Gasteiger partial charge in [0.25, 0.3) is 0 Å². The first kappa shape index (κ1) is 25.2. The zero-order valence-corrected chi connectivity index (χ0v) is 21.5. The molecule has 0 saturated carbocycles. The van der Waals surface area contributed by atoms with Crippen LogP contribution in [0.1, 0.15) is 30.5 Å². The van der Waals surface area contributed by atoms with Crippen molar-refractivity contribution in [3.05, 3.63) is 69.8 Å². The van der Waals surface area contributed by atoms with Crippen molar-refractivity contribution in [2.75, 3.05) is 30.3 Å². The molecular weight excluding hydrogens is 514 g/mol. The van der Waals surface area contributed by atoms with Crippen LogP contribution in [-0.4, -0.2) is 44.5 Å². The first-order valence-electron chi connectivity index (χ1n) is 12.1. The number of rotatable bonds is 8. The second-order valence-electron chi connectivity index (χ2n) is 9.00. The lowest BCUT2D eigenvalue weighted by Gasteiger charge is -2.25. The molecule has 2 aromatic heterocycles. The Kier molecular flexibility index (Phi) is 7.70. The molecule has 8 nitrogen and oxygen atoms in total. The van der Waals surface area contributed by atoms with E-state index in [4.69, 9.17) is 23.2 Å². The summed E-state index contributed by atoms with van der Waals surface area (Å²) >= 11 is 12.5. The number of halogens is 3. The molecular formula is C26H25Cl2FN8. The van der Waals surface area contributed by atoms with Crippen LogP contribution in [0.5, 0.6) is 0 Å². The van der Waals surface area contributed by atoms with Crippen LogP contribution in [0.15, 0.2) is 42.7 Å². The average molecular weight is 539 g/mol. The molecule has 3 heterocycles. The van der Waals surface area contributed by atoms with E-state index in [1.807, 2.05) is 16.9 Å². The number of nitrogens with zero attached hydrogens (tertiary/aromatic N) is 6. The number of hydrogen-bond donors (Lipinski definition) is 2. The van der Waals surface area contributed by atoms with Crippen molar-refractivity contribution < 1.29 is 4.39 Å². The molecule has 0 aliphatic carbocycles. The van der Waals surface area contributed by atoms with Crippen LogP contribution in [0.4, 0.5) is 21.5 Å². The van der Waals surface area contributed by atoms with E-state index in [1.54, 1.807) is 12.1 Å². The molecule has 1 aliphatic rings. The third kappa shape index (κ3) is 5.93. The number of anilines is 3. The van der Waals surface area contributed by atoms with Crippen molar-refractivity contribution in [1.29, 1.82) is 5.26 Å². The number of piperidine rings is 1. The zero-order chi connectivity index (χ0) is 25.8. The Balaban J connectivity index is 1.34. The molecule has 2 N–H and O–H groups in total. The van der Waals surface area contributed by atoms with Crippen LogP contribution in [0.2, 0.25) is 10.0 Å². The molecule has 1 aliphatic heterocycles. The Labute approximate surface area is 224 Å². The molecule has 0 radical (unpaired) electrons. The van der Waals surface area contributed by atoms with Gasteiger partial charge in [0.1, 0.15) is 17.6 Å². The van der Waals surface area contributed by atoms with E-state index in [-0.39, 0.29) is 5.02 Å². The Morgan fingerprint density at radius 2 is 1.84 bits per heavy atom. The molecule has 0 spiro atoms. The summed E-state index contributed by atoms with van der Waals surface area (Å²) in [5, 5.41) is 25.8. The van der Waals surface area contributed by atoms with Gasteiger partial charge >= 0.3 is 0 Å². The first-order valence-corrected chi connectivity index (χ1v) is 12.9. The average Bonchev–Trinajstić information content (AvgIpc) is 3.37. The highest BCUT2D eigenvalue weighted by Gasteiger charge is 2.15. The maximum absolute atomic E-state index is 13.6. The monoisotopic (exact) mass is 538 g/mol. The SMILES string of the molecule is N#Cc1cnc2c(Cl)cc(NCc3cn(CCN4CCCCC4)nn3)cc2c1Nc1ccc(F)c(Cl)c1. The highest BCUT2D eigenvalue weighted by Crippen LogP contribution is 2.35. The van der Waals surface area contributed by atoms with Gasteiger partial charge < -0.3 is 15.5 Å². The molecule has 0 amide bonds. The van der Waals surface area contributed by atoms with Crippen molar-refractivity contribution in [1.82, 2.24) is 24.9 Å². The lowest BCUT2D eigenvalue weighted by atomic mass is 10.1. The summed E-state index contributed by atoms with van der Waals surface area (Å²) < 4.78 is 15.5. The molecule has 2 aromatic carbocycles. The van der Waals surface area contributed by atoms with Crippen molar-refractivity contribution >= 4 is 51.2 Å². The summed E-state index contributed by atoms with van der Waals surface area (Å²) in [7, 11) is 0. The van der Waals surface area contributed by atoms with Crippen LogP contribution in [0.25, 0.3) is 10.9 Å². The molecule has 0 bridgehead atoms. The first-order chi connectivity index (χ1) is 18.0. The highest BCUT2D eigenvalue weighted by molar-refractivity contribution is 6.36. The fourth-order valence-corrected chi connectivity index (χ4v) is 4.90. The molecule has 37 heavy (non-hydrogen) atoms. The zero-order valence-electron chi connectivity index (χ0n) is 20.0. The molecule has 190 valence electrons. The number of nitrogens with one attached hydrogen (secondary N) is 2. The van der Waals surface area contributed by atoms with Gasteiger partial charge in [0.2, 0.25) is 0 Å². The summed E-state index contributed by atoms with van der Waals surface area (Å²) in [6.45, 7) is 4.53. The lowest BCUT2D eigenvalue weighted by molar-refractivity contribution is 0.217. The third-order valence-electron chi connectivity index (χ3n) is 6.39. The van der Waals surface area contributed by atoms with Crippen molar-refractivity contribution in [2.24, 2.45) is 0 Å². The summed E-state index contributed by atoms with van der Waals surface area (Å²) in [6, 6.07) is 10.1. The molecule has 0 unspecified atom stereocenters. The summed E-state index contributed by atoms with van der Waals surface area (Å²) in [6.07, 6.45) is 7.25. The van der Waals surface area contributed by atoms with E-state index in [0.29, 0.717) is 39.4 Å². The van der Waals surface area contributed by atoms with Crippen LogP contribution < -0.4 is 10.6 Å². The summed E-state index contributed by atoms with van der Waals surface area (Å²) in [4.78, 5) is 6.84. The minimum absolute atomic E-state index is 0.0220. The topological polar surface area (TPSA) is 94.7 Å². The van der Waals surface area contributed by atoms with E-state index in [9.17, 15) is 9.65 Å². The second-order valence-corrected chi connectivity index (χ2v) is 9.81. The van der Waals surface area contributed by atoms with Crippen molar-refractivity contribution in [3.63, 3.8) is 0 Å². The Morgan fingerprint density at radius 1 is 1.03 bits per heavy atom. The van der Waals surface area contributed by atoms with Gasteiger partial charge in [-0.05, 0) is 56.3 Å². The number of aromatic nitrogens is 4. The number of likely N-dealkylation sites (tertiary alicyclic amines) is 1. The minimum Gasteiger partial charge on any atom is -0.379 e. The second kappa shape index (κ2) is 11.3. The Hall–Kier alpha value is -3.45. The maximum atomic E-state index is 13.6. The summed E-state index contributed by atoms with van der Waals surface area (Å²) in [5.41, 5.74) is 3.43. The smallest absolute Gasteiger partial charge is 0.141 e. The Bertz CT molecular complexity index is 1460. The van der Waals surface area contributed by atoms with Crippen LogP contribution in [0, 0.1) is 17.1 Å². The number of fused-ring (bicyclic) bond motifs is 1. The van der Waals surface area contributed by atoms with Gasteiger partial charge in [0.15, 0.2) is 0 Å². The van der Waals surface area contributed by atoms with Crippen LogP contribution in [-0.2, 0) is 13.1 Å². The fourth-order valence-electron chi connectivity index (χ4n) is 4.45. The molecule has 4 aromatic rings. The maximum Gasteiger partial charge on any atom is 0.141 e. The number of pyridine rings is 1. The van der Waals surface area contributed by atoms with E-state index in [2.05, 4.69) is 36.9 Å². The van der Waals surface area contributed by atoms with Gasteiger partial charge in [-0.2, -0.15) is 5.26 Å². The number of hydrogen-bond acceptors (Lipinski definition) is 7. The van der Waals surface area contributed by atoms with Gasteiger partial charge in [0, 0.05) is 29.5 Å².